The zero-order chi connectivity index (χ0) is 11.5. The van der Waals surface area contributed by atoms with Crippen LogP contribution in [0.25, 0.3) is 0 Å². The average Bonchev–Trinajstić information content (AvgIpc) is 2.84. The lowest BCUT2D eigenvalue weighted by Crippen LogP contribution is -2.39. The second-order valence-corrected chi connectivity index (χ2v) is 4.09. The molecule has 6 heteroatoms. The summed E-state index contributed by atoms with van der Waals surface area (Å²) >= 11 is 0. The number of aliphatic hydroxyl groups is 1. The lowest BCUT2D eigenvalue weighted by molar-refractivity contribution is -0.123. The summed E-state index contributed by atoms with van der Waals surface area (Å²) in [4.78, 5) is 11.7. The first-order valence-electron chi connectivity index (χ1n) is 5.32. The van der Waals surface area contributed by atoms with Gasteiger partial charge in [0.2, 0.25) is 5.91 Å². The van der Waals surface area contributed by atoms with Crippen LogP contribution >= 0.6 is 0 Å². The van der Waals surface area contributed by atoms with Crippen molar-refractivity contribution in [1.29, 1.82) is 0 Å². The van der Waals surface area contributed by atoms with Crippen molar-refractivity contribution in [2.24, 2.45) is 7.05 Å². The van der Waals surface area contributed by atoms with Crippen molar-refractivity contribution in [2.75, 3.05) is 6.54 Å². The van der Waals surface area contributed by atoms with Crippen LogP contribution in [0.2, 0.25) is 0 Å². The molecule has 2 rings (SSSR count). The highest BCUT2D eigenvalue weighted by Crippen LogP contribution is 2.06. The molecule has 0 aliphatic carbocycles. The third kappa shape index (κ3) is 2.59. The Morgan fingerprint density at radius 2 is 2.62 bits per heavy atom. The summed E-state index contributed by atoms with van der Waals surface area (Å²) in [6.07, 6.45) is 3.65. The Balaban J connectivity index is 1.80. The molecule has 6 nitrogen and oxygen atoms in total. The normalized spacial score (nSPS) is 24.6. The molecular formula is C10H16N4O2. The number of nitrogens with zero attached hydrogens (tertiary/aromatic N) is 2. The Morgan fingerprint density at radius 1 is 1.81 bits per heavy atom. The van der Waals surface area contributed by atoms with Crippen LogP contribution in [-0.4, -0.2) is 39.5 Å². The largest absolute Gasteiger partial charge is 0.392 e. The van der Waals surface area contributed by atoms with Gasteiger partial charge in [-0.25, -0.2) is 0 Å². The van der Waals surface area contributed by atoms with Crippen LogP contribution in [0, 0.1) is 0 Å². The minimum atomic E-state index is -0.408. The SMILES string of the molecule is Cn1cc(CNC(=O)C2CC(O)CN2)cn1. The molecule has 0 bridgehead atoms. The Hall–Kier alpha value is -1.40. The first kappa shape index (κ1) is 11.1. The van der Waals surface area contributed by atoms with Gasteiger partial charge in [-0.1, -0.05) is 0 Å². The van der Waals surface area contributed by atoms with E-state index in [0.29, 0.717) is 19.5 Å². The maximum atomic E-state index is 11.7. The highest BCUT2D eigenvalue weighted by atomic mass is 16.3. The van der Waals surface area contributed by atoms with Crippen LogP contribution < -0.4 is 10.6 Å². The Kier molecular flexibility index (Phi) is 3.21. The summed E-state index contributed by atoms with van der Waals surface area (Å²) in [5.41, 5.74) is 0.967. The maximum Gasteiger partial charge on any atom is 0.237 e. The fourth-order valence-electron chi connectivity index (χ4n) is 1.79. The molecule has 1 aliphatic rings. The van der Waals surface area contributed by atoms with Gasteiger partial charge >= 0.3 is 0 Å². The van der Waals surface area contributed by atoms with Gasteiger partial charge in [0.05, 0.1) is 18.3 Å². The van der Waals surface area contributed by atoms with E-state index in [0.717, 1.165) is 5.56 Å². The quantitative estimate of drug-likeness (QED) is 0.600. The third-order valence-corrected chi connectivity index (χ3v) is 2.65. The van der Waals surface area contributed by atoms with E-state index in [-0.39, 0.29) is 11.9 Å². The fourth-order valence-corrected chi connectivity index (χ4v) is 1.79. The number of aryl methyl sites for hydroxylation is 1. The smallest absolute Gasteiger partial charge is 0.237 e. The molecule has 0 saturated carbocycles. The van der Waals surface area contributed by atoms with E-state index in [4.69, 9.17) is 0 Å². The van der Waals surface area contributed by atoms with Gasteiger partial charge in [-0.05, 0) is 6.42 Å². The number of aromatic nitrogens is 2. The molecule has 1 aromatic heterocycles. The topological polar surface area (TPSA) is 79.2 Å². The molecule has 0 spiro atoms. The minimum absolute atomic E-state index is 0.0691. The van der Waals surface area contributed by atoms with Gasteiger partial charge in [0, 0.05) is 31.9 Å². The maximum absolute atomic E-state index is 11.7. The van der Waals surface area contributed by atoms with Gasteiger partial charge in [-0.3, -0.25) is 9.48 Å². The molecule has 1 amide bonds. The fraction of sp³-hybridized carbons (Fsp3) is 0.600. The Morgan fingerprint density at radius 3 is 3.19 bits per heavy atom. The highest BCUT2D eigenvalue weighted by molar-refractivity contribution is 5.82. The third-order valence-electron chi connectivity index (χ3n) is 2.65. The van der Waals surface area contributed by atoms with Crippen LogP contribution in [0.5, 0.6) is 0 Å². The van der Waals surface area contributed by atoms with Gasteiger partial charge in [0.1, 0.15) is 0 Å². The van der Waals surface area contributed by atoms with Crippen LogP contribution in [0.4, 0.5) is 0 Å². The van der Waals surface area contributed by atoms with Crippen LogP contribution in [0.15, 0.2) is 12.4 Å². The Bertz CT molecular complexity index is 377. The van der Waals surface area contributed by atoms with Crippen molar-refractivity contribution in [2.45, 2.75) is 25.1 Å². The van der Waals surface area contributed by atoms with Gasteiger partial charge < -0.3 is 15.7 Å². The van der Waals surface area contributed by atoms with Crippen LogP contribution in [-0.2, 0) is 18.4 Å². The molecule has 1 saturated heterocycles. The number of carbonyl (C=O) groups is 1. The summed E-state index contributed by atoms with van der Waals surface area (Å²) in [6.45, 7) is 0.964. The molecule has 1 aromatic rings. The van der Waals surface area contributed by atoms with Crippen molar-refractivity contribution < 1.29 is 9.90 Å². The second kappa shape index (κ2) is 4.63. The second-order valence-electron chi connectivity index (χ2n) is 4.09. The average molecular weight is 224 g/mol. The number of hydrogen-bond donors (Lipinski definition) is 3. The molecule has 2 atom stereocenters. The monoisotopic (exact) mass is 224 g/mol. The van der Waals surface area contributed by atoms with E-state index in [1.54, 1.807) is 10.9 Å². The first-order chi connectivity index (χ1) is 7.65. The van der Waals surface area contributed by atoms with Gasteiger partial charge in [-0.2, -0.15) is 5.10 Å². The predicted octanol–water partition coefficient (Wildman–Crippen LogP) is -1.24. The molecule has 0 aromatic carbocycles. The van der Waals surface area contributed by atoms with Gasteiger partial charge in [0.25, 0.3) is 0 Å². The highest BCUT2D eigenvalue weighted by Gasteiger charge is 2.27. The summed E-state index contributed by atoms with van der Waals surface area (Å²) in [5, 5.41) is 19.1. The number of carbonyl (C=O) groups excluding carboxylic acids is 1. The standard InChI is InChI=1S/C10H16N4O2/c1-14-6-7(4-13-14)3-12-10(16)9-2-8(15)5-11-9/h4,6,8-9,11,15H,2-3,5H2,1H3,(H,12,16). The molecule has 0 radical (unpaired) electrons. The van der Waals surface area contributed by atoms with Crippen molar-refractivity contribution in [1.82, 2.24) is 20.4 Å². The van der Waals surface area contributed by atoms with Crippen molar-refractivity contribution in [3.63, 3.8) is 0 Å². The summed E-state index contributed by atoms with van der Waals surface area (Å²) in [7, 11) is 1.83. The number of rotatable bonds is 3. The van der Waals surface area contributed by atoms with E-state index >= 15 is 0 Å². The molecule has 16 heavy (non-hydrogen) atoms. The van der Waals surface area contributed by atoms with Crippen molar-refractivity contribution in [3.8, 4) is 0 Å². The van der Waals surface area contributed by atoms with E-state index in [9.17, 15) is 9.90 Å². The van der Waals surface area contributed by atoms with E-state index < -0.39 is 6.10 Å². The number of hydrogen-bond acceptors (Lipinski definition) is 4. The number of nitrogens with one attached hydrogen (secondary N) is 2. The minimum Gasteiger partial charge on any atom is -0.392 e. The number of aliphatic hydroxyl groups excluding tert-OH is 1. The molecular weight excluding hydrogens is 208 g/mol. The van der Waals surface area contributed by atoms with E-state index in [1.165, 1.54) is 0 Å². The molecule has 3 N–H and O–H groups in total. The lowest BCUT2D eigenvalue weighted by atomic mass is 10.2. The first-order valence-corrected chi connectivity index (χ1v) is 5.32. The summed E-state index contributed by atoms with van der Waals surface area (Å²) < 4.78 is 1.69. The molecule has 2 unspecified atom stereocenters. The van der Waals surface area contributed by atoms with Gasteiger partial charge in [-0.15, -0.1) is 0 Å². The molecule has 2 heterocycles. The molecule has 1 aliphatic heterocycles. The number of amides is 1. The lowest BCUT2D eigenvalue weighted by Gasteiger charge is -2.09. The summed E-state index contributed by atoms with van der Waals surface area (Å²) in [5.74, 6) is -0.0691. The van der Waals surface area contributed by atoms with Crippen molar-refractivity contribution in [3.05, 3.63) is 18.0 Å². The van der Waals surface area contributed by atoms with Crippen LogP contribution in [0.1, 0.15) is 12.0 Å². The zero-order valence-electron chi connectivity index (χ0n) is 9.18. The molecule has 1 fully saturated rings. The van der Waals surface area contributed by atoms with E-state index in [1.807, 2.05) is 13.2 Å². The van der Waals surface area contributed by atoms with E-state index in [2.05, 4.69) is 15.7 Å². The summed E-state index contributed by atoms with van der Waals surface area (Å²) in [6, 6.07) is -0.272. The van der Waals surface area contributed by atoms with Crippen molar-refractivity contribution >= 4 is 5.91 Å². The zero-order valence-corrected chi connectivity index (χ0v) is 9.18. The van der Waals surface area contributed by atoms with Crippen LogP contribution in [0.3, 0.4) is 0 Å². The Labute approximate surface area is 93.6 Å². The number of β-amino-alcohol motifs (C(OH)–C–C–N with tert-alkyl or cyclic N) is 1. The molecule has 88 valence electrons. The van der Waals surface area contributed by atoms with Gasteiger partial charge in [0.15, 0.2) is 0 Å². The predicted molar refractivity (Wildman–Crippen MR) is 57.5 cm³/mol.